The van der Waals surface area contributed by atoms with E-state index in [4.69, 9.17) is 9.47 Å². The summed E-state index contributed by atoms with van der Waals surface area (Å²) in [6, 6.07) is 6.05. The van der Waals surface area contributed by atoms with E-state index in [1.807, 2.05) is 39.0 Å². The summed E-state index contributed by atoms with van der Waals surface area (Å²) in [6.07, 6.45) is 1.72. The number of aromatic nitrogens is 1. The van der Waals surface area contributed by atoms with Crippen LogP contribution in [-0.4, -0.2) is 47.8 Å². The summed E-state index contributed by atoms with van der Waals surface area (Å²) in [5.41, 5.74) is 0.483. The first-order valence-corrected chi connectivity index (χ1v) is 9.35. The molecule has 0 aliphatic carbocycles. The largest absolute Gasteiger partial charge is 0.497 e. The number of benzene rings is 1. The van der Waals surface area contributed by atoms with Crippen LogP contribution in [0, 0.1) is 0 Å². The van der Waals surface area contributed by atoms with Crippen molar-refractivity contribution in [3.05, 3.63) is 18.2 Å². The van der Waals surface area contributed by atoms with E-state index >= 15 is 0 Å². The van der Waals surface area contributed by atoms with Crippen molar-refractivity contribution < 1.29 is 14.3 Å². The zero-order valence-corrected chi connectivity index (χ0v) is 16.0. The Morgan fingerprint density at radius 2 is 2.20 bits per heavy atom. The zero-order chi connectivity index (χ0) is 18.0. The fourth-order valence-corrected chi connectivity index (χ4v) is 3.83. The van der Waals surface area contributed by atoms with Crippen LogP contribution in [0.1, 0.15) is 33.6 Å². The highest BCUT2D eigenvalue weighted by atomic mass is 32.1. The lowest BCUT2D eigenvalue weighted by Gasteiger charge is -2.34. The fraction of sp³-hybridized carbons (Fsp3) is 0.556. The van der Waals surface area contributed by atoms with E-state index in [0.29, 0.717) is 6.54 Å². The summed E-state index contributed by atoms with van der Waals surface area (Å²) < 4.78 is 11.8. The van der Waals surface area contributed by atoms with Crippen LogP contribution < -0.4 is 10.1 Å². The maximum atomic E-state index is 12.3. The number of carbonyl (C=O) groups is 1. The van der Waals surface area contributed by atoms with E-state index in [0.717, 1.165) is 40.5 Å². The highest BCUT2D eigenvalue weighted by Crippen LogP contribution is 2.30. The minimum Gasteiger partial charge on any atom is -0.497 e. The monoisotopic (exact) mass is 363 g/mol. The lowest BCUT2D eigenvalue weighted by molar-refractivity contribution is 0.0206. The molecule has 3 rings (SSSR count). The molecule has 1 N–H and O–H groups in total. The molecule has 136 valence electrons. The number of thiazole rings is 1. The molecule has 0 radical (unpaired) electrons. The van der Waals surface area contributed by atoms with Crippen molar-refractivity contribution in [1.82, 2.24) is 9.88 Å². The minimum absolute atomic E-state index is 0.184. The summed E-state index contributed by atoms with van der Waals surface area (Å²) in [6.45, 7) is 7.04. The van der Waals surface area contributed by atoms with E-state index in [2.05, 4.69) is 10.3 Å². The van der Waals surface area contributed by atoms with Crippen molar-refractivity contribution >= 4 is 32.8 Å². The summed E-state index contributed by atoms with van der Waals surface area (Å²) in [7, 11) is 1.66. The molecule has 7 heteroatoms. The first-order valence-electron chi connectivity index (χ1n) is 8.53. The molecule has 1 aromatic heterocycles. The van der Waals surface area contributed by atoms with Crippen LogP contribution in [0.5, 0.6) is 5.75 Å². The van der Waals surface area contributed by atoms with Gasteiger partial charge in [-0.05, 0) is 51.8 Å². The van der Waals surface area contributed by atoms with Crippen LogP contribution in [0.2, 0.25) is 0 Å². The predicted molar refractivity (Wildman–Crippen MR) is 101 cm³/mol. The number of rotatable bonds is 3. The van der Waals surface area contributed by atoms with Gasteiger partial charge in [-0.2, -0.15) is 0 Å². The van der Waals surface area contributed by atoms with Gasteiger partial charge in [0.15, 0.2) is 5.13 Å². The van der Waals surface area contributed by atoms with Gasteiger partial charge in [-0.3, -0.25) is 0 Å². The lowest BCUT2D eigenvalue weighted by Crippen LogP contribution is -2.46. The molecule has 0 spiro atoms. The first-order chi connectivity index (χ1) is 11.8. The van der Waals surface area contributed by atoms with Crippen LogP contribution in [-0.2, 0) is 4.74 Å². The Morgan fingerprint density at radius 1 is 1.40 bits per heavy atom. The molecule has 25 heavy (non-hydrogen) atoms. The fourth-order valence-electron chi connectivity index (χ4n) is 2.86. The van der Waals surface area contributed by atoms with E-state index in [1.165, 1.54) is 0 Å². The number of ether oxygens (including phenoxy) is 2. The molecule has 1 amide bonds. The standard InChI is InChI=1S/C18H25N3O3S/c1-18(2,3)24-17(22)21-9-5-6-12(11-21)19-16-20-14-8-7-13(23-4)10-15(14)25-16/h7-8,10,12H,5-6,9,11H2,1-4H3,(H,19,20). The Kier molecular flexibility index (Phi) is 5.03. The van der Waals surface area contributed by atoms with Crippen molar-refractivity contribution in [1.29, 1.82) is 0 Å². The maximum Gasteiger partial charge on any atom is 0.410 e. The minimum atomic E-state index is -0.469. The van der Waals surface area contributed by atoms with Crippen LogP contribution in [0.3, 0.4) is 0 Å². The number of nitrogens with one attached hydrogen (secondary N) is 1. The Morgan fingerprint density at radius 3 is 2.92 bits per heavy atom. The summed E-state index contributed by atoms with van der Waals surface area (Å²) in [5.74, 6) is 0.830. The second-order valence-electron chi connectivity index (χ2n) is 7.26. The number of likely N-dealkylation sites (tertiary alicyclic amines) is 1. The highest BCUT2D eigenvalue weighted by Gasteiger charge is 2.28. The third-order valence-electron chi connectivity index (χ3n) is 4.00. The number of fused-ring (bicyclic) bond motifs is 1. The molecule has 0 saturated carbocycles. The number of hydrogen-bond acceptors (Lipinski definition) is 6. The van der Waals surface area contributed by atoms with Crippen LogP contribution in [0.15, 0.2) is 18.2 Å². The van der Waals surface area contributed by atoms with Gasteiger partial charge in [0.1, 0.15) is 11.4 Å². The van der Waals surface area contributed by atoms with Gasteiger partial charge in [0, 0.05) is 19.1 Å². The Bertz CT molecular complexity index is 754. The van der Waals surface area contributed by atoms with E-state index in [-0.39, 0.29) is 12.1 Å². The summed E-state index contributed by atoms with van der Waals surface area (Å²) >= 11 is 1.60. The first kappa shape index (κ1) is 17.8. The third kappa shape index (κ3) is 4.54. The highest BCUT2D eigenvalue weighted by molar-refractivity contribution is 7.22. The van der Waals surface area contributed by atoms with E-state index in [1.54, 1.807) is 23.3 Å². The van der Waals surface area contributed by atoms with Gasteiger partial charge in [0.05, 0.1) is 17.3 Å². The molecular formula is C18H25N3O3S. The van der Waals surface area contributed by atoms with E-state index in [9.17, 15) is 4.79 Å². The molecule has 1 aromatic carbocycles. The zero-order valence-electron chi connectivity index (χ0n) is 15.2. The Balaban J connectivity index is 1.65. The Hall–Kier alpha value is -2.02. The molecule has 1 atom stereocenters. The number of methoxy groups -OCH3 is 1. The number of amides is 1. The molecule has 1 saturated heterocycles. The quantitative estimate of drug-likeness (QED) is 0.889. The summed E-state index contributed by atoms with van der Waals surface area (Å²) in [5, 5.41) is 4.35. The second kappa shape index (κ2) is 7.07. The average molecular weight is 363 g/mol. The lowest BCUT2D eigenvalue weighted by atomic mass is 10.1. The van der Waals surface area contributed by atoms with E-state index < -0.39 is 5.60 Å². The van der Waals surface area contributed by atoms with Crippen molar-refractivity contribution in [2.24, 2.45) is 0 Å². The van der Waals surface area contributed by atoms with Crippen LogP contribution in [0.4, 0.5) is 9.93 Å². The molecule has 2 heterocycles. The van der Waals surface area contributed by atoms with Crippen molar-refractivity contribution in [2.45, 2.75) is 45.3 Å². The average Bonchev–Trinajstić information content (AvgIpc) is 2.94. The smallest absolute Gasteiger partial charge is 0.410 e. The molecular weight excluding hydrogens is 338 g/mol. The van der Waals surface area contributed by atoms with Gasteiger partial charge in [0.2, 0.25) is 0 Å². The maximum absolute atomic E-state index is 12.3. The normalized spacial score (nSPS) is 18.2. The van der Waals surface area contributed by atoms with Gasteiger partial charge in [-0.25, -0.2) is 9.78 Å². The summed E-state index contributed by atoms with van der Waals surface area (Å²) in [4.78, 5) is 18.7. The SMILES string of the molecule is COc1ccc2nc(NC3CCCN(C(=O)OC(C)(C)C)C3)sc2c1. The van der Waals surface area contributed by atoms with Crippen molar-refractivity contribution in [3.63, 3.8) is 0 Å². The van der Waals surface area contributed by atoms with Gasteiger partial charge >= 0.3 is 6.09 Å². The number of nitrogens with zero attached hydrogens (tertiary/aromatic N) is 2. The molecule has 0 bridgehead atoms. The van der Waals surface area contributed by atoms with Gasteiger partial charge in [-0.1, -0.05) is 11.3 Å². The van der Waals surface area contributed by atoms with Crippen molar-refractivity contribution in [3.8, 4) is 5.75 Å². The van der Waals surface area contributed by atoms with Gasteiger partial charge in [-0.15, -0.1) is 0 Å². The molecule has 2 aromatic rings. The van der Waals surface area contributed by atoms with Crippen LogP contribution in [0.25, 0.3) is 10.2 Å². The molecule has 1 aliphatic heterocycles. The molecule has 6 nitrogen and oxygen atoms in total. The topological polar surface area (TPSA) is 63.7 Å². The van der Waals surface area contributed by atoms with Crippen molar-refractivity contribution in [2.75, 3.05) is 25.5 Å². The van der Waals surface area contributed by atoms with Crippen LogP contribution >= 0.6 is 11.3 Å². The van der Waals surface area contributed by atoms with Gasteiger partial charge < -0.3 is 19.7 Å². The predicted octanol–water partition coefficient (Wildman–Crippen LogP) is 4.12. The second-order valence-corrected chi connectivity index (χ2v) is 8.29. The Labute approximate surface area is 152 Å². The molecule has 1 aliphatic rings. The number of anilines is 1. The molecule has 1 fully saturated rings. The number of hydrogen-bond donors (Lipinski definition) is 1. The van der Waals surface area contributed by atoms with Gasteiger partial charge in [0.25, 0.3) is 0 Å². The number of piperidine rings is 1. The number of carbonyl (C=O) groups excluding carboxylic acids is 1. The third-order valence-corrected chi connectivity index (χ3v) is 4.95. The molecule has 1 unspecified atom stereocenters.